The Labute approximate surface area is 104 Å². The number of rotatable bonds is 5. The van der Waals surface area contributed by atoms with E-state index in [2.05, 4.69) is 19.2 Å². The summed E-state index contributed by atoms with van der Waals surface area (Å²) in [6, 6.07) is 9.63. The van der Waals surface area contributed by atoms with E-state index in [1.54, 1.807) is 0 Å². The van der Waals surface area contributed by atoms with Gasteiger partial charge >= 0.3 is 0 Å². The summed E-state index contributed by atoms with van der Waals surface area (Å²) in [4.78, 5) is 12.2. The number of hydrogen-bond donors (Lipinski definition) is 1. The average Bonchev–Trinajstić information content (AvgIpc) is 2.29. The first-order chi connectivity index (χ1) is 7.95. The Morgan fingerprint density at radius 1 is 1.29 bits per heavy atom. The molecule has 1 aromatic carbocycles. The van der Waals surface area contributed by atoms with E-state index in [0.717, 1.165) is 18.5 Å². The lowest BCUT2D eigenvalue weighted by atomic mass is 9.81. The lowest BCUT2D eigenvalue weighted by molar-refractivity contribution is -0.124. The van der Waals surface area contributed by atoms with E-state index in [0.29, 0.717) is 5.92 Å². The maximum Gasteiger partial charge on any atom is 0.230 e. The van der Waals surface area contributed by atoms with Gasteiger partial charge < -0.3 is 5.32 Å². The van der Waals surface area contributed by atoms with Crippen molar-refractivity contribution in [1.29, 1.82) is 0 Å². The Morgan fingerprint density at radius 3 is 2.41 bits per heavy atom. The second kappa shape index (κ2) is 5.85. The van der Waals surface area contributed by atoms with E-state index in [9.17, 15) is 4.79 Å². The van der Waals surface area contributed by atoms with Crippen molar-refractivity contribution in [2.24, 2.45) is 11.3 Å². The summed E-state index contributed by atoms with van der Waals surface area (Å²) in [5.74, 6) is 0.676. The second-order valence-electron chi connectivity index (χ2n) is 5.42. The number of carbonyl (C=O) groups excluding carboxylic acids is 1. The summed E-state index contributed by atoms with van der Waals surface area (Å²) in [5.41, 5.74) is 0.556. The molecule has 0 spiro atoms. The normalized spacial score (nSPS) is 13.2. The van der Waals surface area contributed by atoms with E-state index in [4.69, 9.17) is 0 Å². The van der Waals surface area contributed by atoms with E-state index in [1.807, 2.05) is 44.2 Å². The van der Waals surface area contributed by atoms with Crippen molar-refractivity contribution in [3.63, 3.8) is 0 Å². The summed E-state index contributed by atoms with van der Waals surface area (Å²) in [6.07, 6.45) is 2.03. The Kier molecular flexibility index (Phi) is 4.73. The van der Waals surface area contributed by atoms with Crippen molar-refractivity contribution in [3.8, 4) is 0 Å². The maximum atomic E-state index is 12.2. The minimum atomic E-state index is -0.314. The number of amides is 1. The van der Waals surface area contributed by atoms with Gasteiger partial charge in [-0.2, -0.15) is 0 Å². The molecule has 1 unspecified atom stereocenters. The number of anilines is 1. The minimum Gasteiger partial charge on any atom is -0.326 e. The van der Waals surface area contributed by atoms with Crippen molar-refractivity contribution in [1.82, 2.24) is 0 Å². The van der Waals surface area contributed by atoms with Crippen LogP contribution in [0, 0.1) is 11.3 Å². The zero-order valence-electron chi connectivity index (χ0n) is 11.3. The second-order valence-corrected chi connectivity index (χ2v) is 5.42. The van der Waals surface area contributed by atoms with Crippen LogP contribution >= 0.6 is 0 Å². The fraction of sp³-hybridized carbons (Fsp3) is 0.533. The molecule has 1 N–H and O–H groups in total. The topological polar surface area (TPSA) is 29.1 Å². The molecule has 17 heavy (non-hydrogen) atoms. The highest BCUT2D eigenvalue weighted by atomic mass is 16.2. The zero-order chi connectivity index (χ0) is 12.9. The quantitative estimate of drug-likeness (QED) is 0.815. The molecule has 1 rings (SSSR count). The van der Waals surface area contributed by atoms with Crippen LogP contribution in [0.4, 0.5) is 5.69 Å². The molecule has 2 nitrogen and oxygen atoms in total. The smallest absolute Gasteiger partial charge is 0.230 e. The molecule has 0 fully saturated rings. The summed E-state index contributed by atoms with van der Waals surface area (Å²) in [6.45, 7) is 8.38. The maximum absolute atomic E-state index is 12.2. The van der Waals surface area contributed by atoms with Gasteiger partial charge in [-0.25, -0.2) is 0 Å². The van der Waals surface area contributed by atoms with Crippen LogP contribution in [0.5, 0.6) is 0 Å². The zero-order valence-corrected chi connectivity index (χ0v) is 11.3. The van der Waals surface area contributed by atoms with Crippen LogP contribution in [-0.4, -0.2) is 5.91 Å². The number of carbonyl (C=O) groups is 1. The Hall–Kier alpha value is -1.31. The van der Waals surface area contributed by atoms with Crippen LogP contribution in [-0.2, 0) is 4.79 Å². The number of benzene rings is 1. The van der Waals surface area contributed by atoms with E-state index in [1.165, 1.54) is 0 Å². The van der Waals surface area contributed by atoms with Gasteiger partial charge in [0.05, 0.1) is 0 Å². The van der Waals surface area contributed by atoms with Crippen LogP contribution in [0.3, 0.4) is 0 Å². The summed E-state index contributed by atoms with van der Waals surface area (Å²) in [5, 5.41) is 2.97. The van der Waals surface area contributed by atoms with Crippen molar-refractivity contribution in [3.05, 3.63) is 30.3 Å². The molecule has 94 valence electrons. The molecule has 0 aromatic heterocycles. The highest BCUT2D eigenvalue weighted by Crippen LogP contribution is 2.28. The van der Waals surface area contributed by atoms with Crippen molar-refractivity contribution >= 4 is 11.6 Å². The predicted molar refractivity (Wildman–Crippen MR) is 72.9 cm³/mol. The van der Waals surface area contributed by atoms with Gasteiger partial charge in [-0.05, 0) is 24.5 Å². The molecule has 0 radical (unpaired) electrons. The Morgan fingerprint density at radius 2 is 1.88 bits per heavy atom. The molecule has 1 amide bonds. The SMILES string of the molecule is CCC(C)CC(C)(C)C(=O)Nc1ccccc1. The molecule has 1 aromatic rings. The first-order valence-electron chi connectivity index (χ1n) is 6.32. The van der Waals surface area contributed by atoms with Crippen LogP contribution in [0.15, 0.2) is 30.3 Å². The average molecular weight is 233 g/mol. The van der Waals surface area contributed by atoms with Gasteiger partial charge in [0.25, 0.3) is 0 Å². The van der Waals surface area contributed by atoms with Gasteiger partial charge in [0.1, 0.15) is 0 Å². The molecule has 2 heteroatoms. The van der Waals surface area contributed by atoms with Crippen molar-refractivity contribution < 1.29 is 4.79 Å². The molecule has 0 aliphatic rings. The fourth-order valence-corrected chi connectivity index (χ4v) is 1.93. The third-order valence-corrected chi connectivity index (χ3v) is 3.20. The lowest BCUT2D eigenvalue weighted by Crippen LogP contribution is -2.32. The minimum absolute atomic E-state index is 0.101. The van der Waals surface area contributed by atoms with Gasteiger partial charge in [0, 0.05) is 11.1 Å². The predicted octanol–water partition coefficient (Wildman–Crippen LogP) is 4.09. The third-order valence-electron chi connectivity index (χ3n) is 3.20. The van der Waals surface area contributed by atoms with Crippen molar-refractivity contribution in [2.45, 2.75) is 40.5 Å². The first kappa shape index (κ1) is 13.8. The molecule has 0 heterocycles. The van der Waals surface area contributed by atoms with E-state index in [-0.39, 0.29) is 11.3 Å². The largest absolute Gasteiger partial charge is 0.326 e. The van der Waals surface area contributed by atoms with Gasteiger partial charge in [0.2, 0.25) is 5.91 Å². The standard InChI is InChI=1S/C15H23NO/c1-5-12(2)11-15(3,4)14(17)16-13-9-7-6-8-10-13/h6-10,12H,5,11H2,1-4H3,(H,16,17). The van der Waals surface area contributed by atoms with E-state index >= 15 is 0 Å². The van der Waals surface area contributed by atoms with Crippen LogP contribution in [0.1, 0.15) is 40.5 Å². The summed E-state index contributed by atoms with van der Waals surface area (Å²) < 4.78 is 0. The van der Waals surface area contributed by atoms with E-state index < -0.39 is 0 Å². The number of hydrogen-bond acceptors (Lipinski definition) is 1. The van der Waals surface area contributed by atoms with Crippen molar-refractivity contribution in [2.75, 3.05) is 5.32 Å². The molecular formula is C15H23NO. The Bertz CT molecular complexity index is 356. The van der Waals surface area contributed by atoms with Gasteiger partial charge in [0.15, 0.2) is 0 Å². The Balaban J connectivity index is 2.63. The molecule has 0 saturated carbocycles. The van der Waals surface area contributed by atoms with Gasteiger partial charge in [-0.15, -0.1) is 0 Å². The molecule has 0 bridgehead atoms. The van der Waals surface area contributed by atoms with Gasteiger partial charge in [-0.1, -0.05) is 52.3 Å². The number of para-hydroxylation sites is 1. The van der Waals surface area contributed by atoms with Crippen LogP contribution in [0.25, 0.3) is 0 Å². The first-order valence-corrected chi connectivity index (χ1v) is 6.32. The van der Waals surface area contributed by atoms with Gasteiger partial charge in [-0.3, -0.25) is 4.79 Å². The molecule has 0 saturated heterocycles. The van der Waals surface area contributed by atoms with Crippen LogP contribution in [0.2, 0.25) is 0 Å². The molecule has 0 aliphatic heterocycles. The fourth-order valence-electron chi connectivity index (χ4n) is 1.93. The highest BCUT2D eigenvalue weighted by Gasteiger charge is 2.29. The number of nitrogens with one attached hydrogen (secondary N) is 1. The molecular weight excluding hydrogens is 210 g/mol. The lowest BCUT2D eigenvalue weighted by Gasteiger charge is -2.26. The van der Waals surface area contributed by atoms with Crippen LogP contribution < -0.4 is 5.32 Å². The third kappa shape index (κ3) is 4.22. The summed E-state index contributed by atoms with van der Waals surface area (Å²) in [7, 11) is 0. The summed E-state index contributed by atoms with van der Waals surface area (Å²) >= 11 is 0. The monoisotopic (exact) mass is 233 g/mol. The highest BCUT2D eigenvalue weighted by molar-refractivity contribution is 5.94. The molecule has 0 aliphatic carbocycles. The molecule has 1 atom stereocenters.